The summed E-state index contributed by atoms with van der Waals surface area (Å²) in [6.45, 7) is 3.22. The topological polar surface area (TPSA) is 80.2 Å². The van der Waals surface area contributed by atoms with Crippen molar-refractivity contribution in [2.75, 3.05) is 25.1 Å². The van der Waals surface area contributed by atoms with Crippen LogP contribution in [0.25, 0.3) is 0 Å². The highest BCUT2D eigenvalue weighted by atomic mass is 35.5. The van der Waals surface area contributed by atoms with E-state index in [2.05, 4.69) is 20.3 Å². The molecule has 1 saturated heterocycles. The Bertz CT molecular complexity index is 499. The second-order valence-electron chi connectivity index (χ2n) is 4.85. The zero-order valence-electron chi connectivity index (χ0n) is 12.3. The van der Waals surface area contributed by atoms with E-state index in [9.17, 15) is 4.79 Å². The summed E-state index contributed by atoms with van der Waals surface area (Å²) in [6, 6.07) is -0.0747. The van der Waals surface area contributed by atoms with Crippen LogP contribution in [0.1, 0.15) is 32.6 Å². The maximum atomic E-state index is 12.0. The fourth-order valence-electron chi connectivity index (χ4n) is 2.32. The van der Waals surface area contributed by atoms with E-state index in [1.807, 2.05) is 11.8 Å². The number of anilines is 1. The Morgan fingerprint density at radius 2 is 2.24 bits per heavy atom. The Hall–Kier alpha value is -1.63. The highest BCUT2D eigenvalue weighted by molar-refractivity contribution is 6.28. The van der Waals surface area contributed by atoms with Crippen LogP contribution in [0, 0.1) is 0 Å². The molecule has 1 aromatic rings. The zero-order valence-corrected chi connectivity index (χ0v) is 13.1. The third-order valence-electron chi connectivity index (χ3n) is 3.32. The largest absolute Gasteiger partial charge is 0.463 e. The van der Waals surface area contributed by atoms with Gasteiger partial charge in [-0.2, -0.15) is 15.0 Å². The number of hydrogen-bond donors (Lipinski definition) is 1. The van der Waals surface area contributed by atoms with Crippen molar-refractivity contribution in [1.29, 1.82) is 0 Å². The molecule has 0 aliphatic carbocycles. The first kappa shape index (κ1) is 15.8. The minimum atomic E-state index is -0.277. The number of nitrogens with one attached hydrogen (secondary N) is 1. The number of ether oxygens (including phenoxy) is 1. The van der Waals surface area contributed by atoms with Gasteiger partial charge in [-0.15, -0.1) is 0 Å². The van der Waals surface area contributed by atoms with Crippen LogP contribution in [-0.2, 0) is 4.79 Å². The van der Waals surface area contributed by atoms with Gasteiger partial charge in [-0.3, -0.25) is 4.79 Å². The van der Waals surface area contributed by atoms with E-state index in [-0.39, 0.29) is 23.2 Å². The van der Waals surface area contributed by atoms with Crippen molar-refractivity contribution in [2.45, 2.75) is 38.6 Å². The maximum absolute atomic E-state index is 12.0. The Balaban J connectivity index is 2.25. The smallest absolute Gasteiger partial charge is 0.322 e. The van der Waals surface area contributed by atoms with Gasteiger partial charge in [0.15, 0.2) is 0 Å². The van der Waals surface area contributed by atoms with Crippen molar-refractivity contribution < 1.29 is 9.53 Å². The van der Waals surface area contributed by atoms with Crippen LogP contribution in [0.2, 0.25) is 5.28 Å². The summed E-state index contributed by atoms with van der Waals surface area (Å²) in [5.41, 5.74) is 0. The SMILES string of the molecule is CCCOc1nc(Cl)nc(N2CCCCC2C(=O)NC)n1. The van der Waals surface area contributed by atoms with Gasteiger partial charge in [0.1, 0.15) is 6.04 Å². The standard InChI is InChI=1S/C13H20ClN5O2/c1-3-8-21-13-17-11(14)16-12(18-13)19-7-5-4-6-9(19)10(20)15-2/h9H,3-8H2,1-2H3,(H,15,20). The molecular formula is C13H20ClN5O2. The number of carbonyl (C=O) groups is 1. The maximum Gasteiger partial charge on any atom is 0.322 e. The van der Waals surface area contributed by atoms with E-state index >= 15 is 0 Å². The lowest BCUT2D eigenvalue weighted by Gasteiger charge is -2.34. The first-order valence-corrected chi connectivity index (χ1v) is 7.56. The average molecular weight is 314 g/mol. The number of rotatable bonds is 5. The fraction of sp³-hybridized carbons (Fsp3) is 0.692. The summed E-state index contributed by atoms with van der Waals surface area (Å²) in [5, 5.41) is 2.76. The molecule has 1 aromatic heterocycles. The number of likely N-dealkylation sites (N-methyl/N-ethyl adjacent to an activating group) is 1. The first-order valence-electron chi connectivity index (χ1n) is 7.18. The minimum Gasteiger partial charge on any atom is -0.463 e. The molecule has 1 N–H and O–H groups in total. The zero-order chi connectivity index (χ0) is 15.2. The number of nitrogens with zero attached hydrogens (tertiary/aromatic N) is 4. The molecule has 0 saturated carbocycles. The fourth-order valence-corrected chi connectivity index (χ4v) is 2.47. The number of amides is 1. The summed E-state index contributed by atoms with van der Waals surface area (Å²) in [6.07, 6.45) is 3.62. The van der Waals surface area contributed by atoms with Crippen LogP contribution < -0.4 is 15.0 Å². The Kier molecular flexibility index (Phi) is 5.55. The predicted octanol–water partition coefficient (Wildman–Crippen LogP) is 1.42. The van der Waals surface area contributed by atoms with E-state index in [0.29, 0.717) is 19.1 Å². The predicted molar refractivity (Wildman–Crippen MR) is 79.7 cm³/mol. The van der Waals surface area contributed by atoms with E-state index in [0.717, 1.165) is 25.7 Å². The number of carbonyl (C=O) groups excluding carboxylic acids is 1. The lowest BCUT2D eigenvalue weighted by molar-refractivity contribution is -0.122. The monoisotopic (exact) mass is 313 g/mol. The molecule has 2 rings (SSSR count). The summed E-state index contributed by atoms with van der Waals surface area (Å²) in [5.74, 6) is 0.358. The van der Waals surface area contributed by atoms with Crippen molar-refractivity contribution >= 4 is 23.5 Å². The first-order chi connectivity index (χ1) is 10.2. The van der Waals surface area contributed by atoms with Gasteiger partial charge in [-0.05, 0) is 37.3 Å². The molecule has 8 heteroatoms. The van der Waals surface area contributed by atoms with E-state index in [1.54, 1.807) is 7.05 Å². The van der Waals surface area contributed by atoms with Crippen LogP contribution in [0.5, 0.6) is 6.01 Å². The molecule has 1 atom stereocenters. The Morgan fingerprint density at radius 3 is 2.95 bits per heavy atom. The van der Waals surface area contributed by atoms with Gasteiger partial charge in [-0.1, -0.05) is 6.92 Å². The van der Waals surface area contributed by atoms with Crippen LogP contribution in [0.4, 0.5) is 5.95 Å². The van der Waals surface area contributed by atoms with Gasteiger partial charge in [0.2, 0.25) is 17.1 Å². The molecule has 21 heavy (non-hydrogen) atoms. The van der Waals surface area contributed by atoms with Crippen molar-refractivity contribution in [3.63, 3.8) is 0 Å². The minimum absolute atomic E-state index is 0.0396. The van der Waals surface area contributed by atoms with Gasteiger partial charge in [0.25, 0.3) is 0 Å². The van der Waals surface area contributed by atoms with Crippen LogP contribution in [0.3, 0.4) is 0 Å². The molecule has 116 valence electrons. The molecule has 0 spiro atoms. The van der Waals surface area contributed by atoms with Gasteiger partial charge < -0.3 is 15.0 Å². The second-order valence-corrected chi connectivity index (χ2v) is 5.19. The molecule has 0 radical (unpaired) electrons. The molecule has 0 aromatic carbocycles. The molecule has 1 aliphatic heterocycles. The van der Waals surface area contributed by atoms with E-state index < -0.39 is 0 Å². The van der Waals surface area contributed by atoms with Crippen molar-refractivity contribution in [1.82, 2.24) is 20.3 Å². The molecule has 1 fully saturated rings. The van der Waals surface area contributed by atoms with Gasteiger partial charge >= 0.3 is 6.01 Å². The molecule has 1 unspecified atom stereocenters. The highest BCUT2D eigenvalue weighted by Gasteiger charge is 2.30. The summed E-state index contributed by atoms with van der Waals surface area (Å²) >= 11 is 5.94. The Labute approximate surface area is 129 Å². The third-order valence-corrected chi connectivity index (χ3v) is 3.49. The highest BCUT2D eigenvalue weighted by Crippen LogP contribution is 2.24. The molecule has 0 bridgehead atoms. The second kappa shape index (κ2) is 7.40. The van der Waals surface area contributed by atoms with E-state index in [1.165, 1.54) is 0 Å². The molecular weight excluding hydrogens is 294 g/mol. The lowest BCUT2D eigenvalue weighted by atomic mass is 10.0. The van der Waals surface area contributed by atoms with Crippen LogP contribution >= 0.6 is 11.6 Å². The van der Waals surface area contributed by atoms with Crippen LogP contribution in [-0.4, -0.2) is 47.1 Å². The van der Waals surface area contributed by atoms with Gasteiger partial charge in [0.05, 0.1) is 6.61 Å². The average Bonchev–Trinajstić information content (AvgIpc) is 2.51. The van der Waals surface area contributed by atoms with Gasteiger partial charge in [0, 0.05) is 13.6 Å². The molecule has 1 amide bonds. The molecule has 1 aliphatic rings. The van der Waals surface area contributed by atoms with E-state index in [4.69, 9.17) is 16.3 Å². The quantitative estimate of drug-likeness (QED) is 0.885. The molecule has 7 nitrogen and oxygen atoms in total. The van der Waals surface area contributed by atoms with Crippen molar-refractivity contribution in [3.05, 3.63) is 5.28 Å². The summed E-state index contributed by atoms with van der Waals surface area (Å²) < 4.78 is 5.42. The summed E-state index contributed by atoms with van der Waals surface area (Å²) in [4.78, 5) is 26.2. The van der Waals surface area contributed by atoms with Crippen LogP contribution in [0.15, 0.2) is 0 Å². The number of piperidine rings is 1. The lowest BCUT2D eigenvalue weighted by Crippen LogP contribution is -2.49. The van der Waals surface area contributed by atoms with Crippen molar-refractivity contribution in [3.8, 4) is 6.01 Å². The number of aromatic nitrogens is 3. The normalized spacial score (nSPS) is 18.4. The Morgan fingerprint density at radius 1 is 1.43 bits per heavy atom. The third kappa shape index (κ3) is 3.93. The van der Waals surface area contributed by atoms with Crippen molar-refractivity contribution in [2.24, 2.45) is 0 Å². The summed E-state index contributed by atoms with van der Waals surface area (Å²) in [7, 11) is 1.63. The number of halogens is 1. The molecule has 2 heterocycles. The van der Waals surface area contributed by atoms with Gasteiger partial charge in [-0.25, -0.2) is 0 Å². The number of hydrogen-bond acceptors (Lipinski definition) is 6.